The molecule has 0 amide bonds. The molecule has 2 aromatic rings. The summed E-state index contributed by atoms with van der Waals surface area (Å²) in [6.45, 7) is 5.69. The second-order valence-corrected chi connectivity index (χ2v) is 6.78. The Balaban J connectivity index is 1.95. The van der Waals surface area contributed by atoms with Crippen LogP contribution >= 0.6 is 11.3 Å². The smallest absolute Gasteiger partial charge is 0.293 e. The summed E-state index contributed by atoms with van der Waals surface area (Å²) >= 11 is 1.58. The zero-order valence-electron chi connectivity index (χ0n) is 15.6. The van der Waals surface area contributed by atoms with Gasteiger partial charge in [-0.1, -0.05) is 66.8 Å². The monoisotopic (exact) mass is 384 g/mol. The largest absolute Gasteiger partial charge is 0.465 e. The van der Waals surface area contributed by atoms with Gasteiger partial charge in [-0.05, 0) is 36.1 Å². The van der Waals surface area contributed by atoms with Gasteiger partial charge in [0.05, 0.1) is 13.2 Å². The summed E-state index contributed by atoms with van der Waals surface area (Å²) in [5.41, 5.74) is 3.36. The third kappa shape index (κ3) is 7.68. The highest BCUT2D eigenvalue weighted by molar-refractivity contribution is 7.13. The number of ether oxygens (including phenoxy) is 2. The molecule has 0 aliphatic rings. The van der Waals surface area contributed by atoms with Gasteiger partial charge in [-0.25, -0.2) is 0 Å². The van der Waals surface area contributed by atoms with Crippen molar-refractivity contribution in [3.8, 4) is 0 Å². The van der Waals surface area contributed by atoms with E-state index >= 15 is 0 Å². The van der Waals surface area contributed by atoms with Gasteiger partial charge in [0.1, 0.15) is 16.6 Å². The van der Waals surface area contributed by atoms with Gasteiger partial charge >= 0.3 is 0 Å². The van der Waals surface area contributed by atoms with Crippen molar-refractivity contribution in [3.63, 3.8) is 0 Å². The van der Waals surface area contributed by atoms with E-state index in [0.717, 1.165) is 33.1 Å². The predicted octanol–water partition coefficient (Wildman–Crippen LogP) is 4.64. The van der Waals surface area contributed by atoms with Gasteiger partial charge in [-0.15, -0.1) is 10.2 Å². The van der Waals surface area contributed by atoms with E-state index in [9.17, 15) is 4.79 Å². The number of nitrogens with zero attached hydrogens (tertiary/aromatic N) is 2. The molecule has 6 heteroatoms. The van der Waals surface area contributed by atoms with Crippen molar-refractivity contribution in [1.29, 1.82) is 0 Å². The maximum Gasteiger partial charge on any atom is 0.293 e. The Morgan fingerprint density at radius 2 is 1.93 bits per heavy atom. The third-order valence-electron chi connectivity index (χ3n) is 3.63. The molecule has 5 nitrogen and oxygen atoms in total. The fraction of sp³-hybridized carbons (Fsp3) is 0.286. The van der Waals surface area contributed by atoms with Gasteiger partial charge in [0.15, 0.2) is 0 Å². The highest BCUT2D eigenvalue weighted by Crippen LogP contribution is 2.23. The van der Waals surface area contributed by atoms with Crippen LogP contribution in [0.15, 0.2) is 48.1 Å². The fourth-order valence-electron chi connectivity index (χ4n) is 2.18. The van der Waals surface area contributed by atoms with Crippen LogP contribution in [0.3, 0.4) is 0 Å². The lowest BCUT2D eigenvalue weighted by Gasteiger charge is -2.03. The Labute approximate surface area is 164 Å². The molecule has 0 atom stereocenters. The first kappa shape index (κ1) is 20.7. The molecule has 0 aliphatic carbocycles. The molecule has 1 aromatic carbocycles. The van der Waals surface area contributed by atoms with Crippen LogP contribution in [0, 0.1) is 0 Å². The van der Waals surface area contributed by atoms with Crippen LogP contribution < -0.4 is 0 Å². The second kappa shape index (κ2) is 11.9. The molecule has 142 valence electrons. The molecule has 0 radical (unpaired) electrons. The van der Waals surface area contributed by atoms with Crippen LogP contribution in [0.25, 0.3) is 17.7 Å². The lowest BCUT2D eigenvalue weighted by Crippen LogP contribution is -2.04. The van der Waals surface area contributed by atoms with E-state index in [4.69, 9.17) is 4.74 Å². The number of carbonyl (C=O) groups excluding carboxylic acids is 1. The van der Waals surface area contributed by atoms with E-state index in [2.05, 4.69) is 40.1 Å². The Morgan fingerprint density at radius 3 is 2.67 bits per heavy atom. The van der Waals surface area contributed by atoms with E-state index in [0.29, 0.717) is 19.7 Å². The second-order valence-electron chi connectivity index (χ2n) is 5.77. The summed E-state index contributed by atoms with van der Waals surface area (Å²) in [6.07, 6.45) is 8.98. The number of hydrogen-bond acceptors (Lipinski definition) is 6. The highest BCUT2D eigenvalue weighted by Gasteiger charge is 2.06. The number of rotatable bonds is 11. The van der Waals surface area contributed by atoms with E-state index < -0.39 is 0 Å². The Hall–Kier alpha value is -2.57. The summed E-state index contributed by atoms with van der Waals surface area (Å²) in [7, 11) is 0. The van der Waals surface area contributed by atoms with E-state index in [-0.39, 0.29) is 6.61 Å². The van der Waals surface area contributed by atoms with Gasteiger partial charge in [0.2, 0.25) is 0 Å². The topological polar surface area (TPSA) is 61.3 Å². The van der Waals surface area contributed by atoms with Crippen molar-refractivity contribution in [2.45, 2.75) is 20.3 Å². The highest BCUT2D eigenvalue weighted by atomic mass is 32.1. The summed E-state index contributed by atoms with van der Waals surface area (Å²) < 4.78 is 10.0. The molecular formula is C21H24N2O3S. The number of aromatic nitrogens is 2. The van der Waals surface area contributed by atoms with Crippen molar-refractivity contribution in [2.24, 2.45) is 0 Å². The molecule has 1 aromatic heterocycles. The average Bonchev–Trinajstić information content (AvgIpc) is 3.16. The lowest BCUT2D eigenvalue weighted by molar-refractivity contribution is -0.130. The quantitative estimate of drug-likeness (QED) is 0.321. The van der Waals surface area contributed by atoms with Crippen LogP contribution in [-0.2, 0) is 14.3 Å². The summed E-state index contributed by atoms with van der Waals surface area (Å²) in [5, 5.41) is 10.4. The van der Waals surface area contributed by atoms with Crippen molar-refractivity contribution < 1.29 is 14.3 Å². The molecule has 0 aliphatic heterocycles. The summed E-state index contributed by atoms with van der Waals surface area (Å²) in [5.74, 6) is 0. The first-order chi connectivity index (χ1) is 13.2. The maximum absolute atomic E-state index is 10.1. The summed E-state index contributed by atoms with van der Waals surface area (Å²) in [4.78, 5) is 10.1. The van der Waals surface area contributed by atoms with Gasteiger partial charge in [-0.3, -0.25) is 4.79 Å². The fourth-order valence-corrected chi connectivity index (χ4v) is 3.02. The SMILES string of the molecule is CC/C(=C\C=C(/C)COCCOC=O)c1nnc(/C=C/c2ccccc2)s1. The Bertz CT molecular complexity index is 795. The van der Waals surface area contributed by atoms with E-state index in [1.54, 1.807) is 11.3 Å². The standard InChI is InChI=1S/C21H24N2O3S/c1-3-19(11-9-17(2)15-25-13-14-26-16-24)21-23-22-20(27-21)12-10-18-7-5-4-6-8-18/h4-12,16H,3,13-15H2,1-2H3/b12-10+,17-9+,19-11+. The van der Waals surface area contributed by atoms with Crippen molar-refractivity contribution >= 4 is 35.5 Å². The molecule has 1 heterocycles. The first-order valence-corrected chi connectivity index (χ1v) is 9.61. The molecule has 0 saturated carbocycles. The van der Waals surface area contributed by atoms with Crippen LogP contribution in [-0.4, -0.2) is 36.5 Å². The molecular weight excluding hydrogens is 360 g/mol. The lowest BCUT2D eigenvalue weighted by atomic mass is 10.2. The minimum absolute atomic E-state index is 0.275. The van der Waals surface area contributed by atoms with Gasteiger partial charge in [-0.2, -0.15) is 0 Å². The first-order valence-electron chi connectivity index (χ1n) is 8.79. The minimum Gasteiger partial charge on any atom is -0.465 e. The van der Waals surface area contributed by atoms with Crippen LogP contribution in [0.5, 0.6) is 0 Å². The molecule has 0 fully saturated rings. The third-order valence-corrected chi connectivity index (χ3v) is 4.59. The zero-order chi connectivity index (χ0) is 19.3. The van der Waals surface area contributed by atoms with Crippen LogP contribution in [0.4, 0.5) is 0 Å². The van der Waals surface area contributed by atoms with Crippen LogP contribution in [0.2, 0.25) is 0 Å². The van der Waals surface area contributed by atoms with E-state index in [1.807, 2.05) is 43.4 Å². The molecule has 0 bridgehead atoms. The maximum atomic E-state index is 10.1. The van der Waals surface area contributed by atoms with Gasteiger partial charge < -0.3 is 9.47 Å². The zero-order valence-corrected chi connectivity index (χ0v) is 16.4. The Kier molecular flexibility index (Phi) is 9.17. The molecule has 0 unspecified atom stereocenters. The van der Waals surface area contributed by atoms with Crippen LogP contribution in [0.1, 0.15) is 35.8 Å². The Morgan fingerprint density at radius 1 is 1.11 bits per heavy atom. The normalized spacial score (nSPS) is 12.5. The molecule has 0 saturated heterocycles. The van der Waals surface area contributed by atoms with Gasteiger partial charge in [0, 0.05) is 0 Å². The average molecular weight is 385 g/mol. The molecule has 2 rings (SSSR count). The minimum atomic E-state index is 0.275. The molecule has 27 heavy (non-hydrogen) atoms. The number of hydrogen-bond donors (Lipinski definition) is 0. The number of benzene rings is 1. The molecule has 0 N–H and O–H groups in total. The van der Waals surface area contributed by atoms with E-state index in [1.165, 1.54) is 0 Å². The predicted molar refractivity (Wildman–Crippen MR) is 110 cm³/mol. The number of allylic oxidation sites excluding steroid dienone is 3. The number of carbonyl (C=O) groups is 1. The van der Waals surface area contributed by atoms with Crippen molar-refractivity contribution in [1.82, 2.24) is 10.2 Å². The van der Waals surface area contributed by atoms with Crippen molar-refractivity contribution in [3.05, 3.63) is 63.6 Å². The van der Waals surface area contributed by atoms with Crippen molar-refractivity contribution in [2.75, 3.05) is 19.8 Å². The molecule has 0 spiro atoms. The summed E-state index contributed by atoms with van der Waals surface area (Å²) in [6, 6.07) is 10.1. The van der Waals surface area contributed by atoms with Gasteiger partial charge in [0.25, 0.3) is 6.47 Å².